The van der Waals surface area contributed by atoms with Crippen LogP contribution < -0.4 is 0 Å². The van der Waals surface area contributed by atoms with Crippen LogP contribution in [0.1, 0.15) is 29.8 Å². The molecule has 0 aliphatic heterocycles. The van der Waals surface area contributed by atoms with E-state index in [0.717, 1.165) is 25.0 Å². The van der Waals surface area contributed by atoms with Gasteiger partial charge in [0, 0.05) is 12.7 Å². The number of hydrogen-bond donors (Lipinski definition) is 1. The van der Waals surface area contributed by atoms with Gasteiger partial charge in [-0.05, 0) is 44.6 Å². The van der Waals surface area contributed by atoms with Crippen molar-refractivity contribution in [2.24, 2.45) is 18.9 Å². The first-order valence-corrected chi connectivity index (χ1v) is 5.72. The Labute approximate surface area is 95.3 Å². The van der Waals surface area contributed by atoms with Crippen LogP contribution in [0.5, 0.6) is 0 Å². The fourth-order valence-corrected chi connectivity index (χ4v) is 2.38. The van der Waals surface area contributed by atoms with Gasteiger partial charge in [0.2, 0.25) is 0 Å². The van der Waals surface area contributed by atoms with Crippen molar-refractivity contribution < 1.29 is 9.90 Å². The second kappa shape index (κ2) is 3.92. The fraction of sp³-hybridized carbons (Fsp3) is 0.667. The van der Waals surface area contributed by atoms with Gasteiger partial charge in [0.1, 0.15) is 0 Å². The molecule has 1 aliphatic carbocycles. The summed E-state index contributed by atoms with van der Waals surface area (Å²) in [5, 5.41) is 13.2. The lowest BCUT2D eigenvalue weighted by Gasteiger charge is -2.01. The van der Waals surface area contributed by atoms with E-state index in [0.29, 0.717) is 5.92 Å². The summed E-state index contributed by atoms with van der Waals surface area (Å²) in [4.78, 5) is 10.7. The van der Waals surface area contributed by atoms with Gasteiger partial charge < -0.3 is 5.11 Å². The second-order valence-electron chi connectivity index (χ2n) is 4.75. The van der Waals surface area contributed by atoms with E-state index >= 15 is 0 Å². The molecular formula is C12H18N2O2. The lowest BCUT2D eigenvalue weighted by molar-refractivity contribution is -0.138. The van der Waals surface area contributed by atoms with E-state index in [-0.39, 0.29) is 5.92 Å². The summed E-state index contributed by atoms with van der Waals surface area (Å²) in [5.74, 6) is -0.335. The number of aromatic nitrogens is 2. The smallest absolute Gasteiger partial charge is 0.306 e. The molecule has 2 rings (SSSR count). The highest BCUT2D eigenvalue weighted by atomic mass is 16.4. The first-order chi connectivity index (χ1) is 7.50. The van der Waals surface area contributed by atoms with Crippen molar-refractivity contribution in [1.82, 2.24) is 9.78 Å². The Bertz CT molecular complexity index is 423. The summed E-state index contributed by atoms with van der Waals surface area (Å²) in [5.41, 5.74) is 3.57. The Morgan fingerprint density at radius 1 is 1.56 bits per heavy atom. The molecule has 1 aromatic heterocycles. The zero-order valence-corrected chi connectivity index (χ0v) is 10.0. The normalized spacial score (nSPS) is 23.4. The Balaban J connectivity index is 1.94. The maximum atomic E-state index is 10.7. The maximum Gasteiger partial charge on any atom is 0.306 e. The summed E-state index contributed by atoms with van der Waals surface area (Å²) in [6, 6.07) is 0. The van der Waals surface area contributed by atoms with Crippen LogP contribution in [0.15, 0.2) is 0 Å². The molecule has 0 amide bonds. The van der Waals surface area contributed by atoms with Crippen molar-refractivity contribution in [3.05, 3.63) is 17.0 Å². The molecule has 1 N–H and O–H groups in total. The van der Waals surface area contributed by atoms with E-state index in [9.17, 15) is 4.79 Å². The Morgan fingerprint density at radius 2 is 2.25 bits per heavy atom. The third-order valence-electron chi connectivity index (χ3n) is 3.66. The van der Waals surface area contributed by atoms with Crippen molar-refractivity contribution >= 4 is 5.97 Å². The summed E-state index contributed by atoms with van der Waals surface area (Å²) >= 11 is 0. The van der Waals surface area contributed by atoms with Crippen LogP contribution in [0, 0.1) is 25.7 Å². The highest BCUT2D eigenvalue weighted by Gasteiger charge is 2.42. The van der Waals surface area contributed by atoms with E-state index in [1.165, 1.54) is 11.3 Å². The van der Waals surface area contributed by atoms with Crippen LogP contribution in [0.25, 0.3) is 0 Å². The SMILES string of the molecule is Cc1nn(C)c(C)c1CCC1CC1C(=O)O. The van der Waals surface area contributed by atoms with Crippen LogP contribution >= 0.6 is 0 Å². The number of nitrogens with zero attached hydrogens (tertiary/aromatic N) is 2. The van der Waals surface area contributed by atoms with Gasteiger partial charge >= 0.3 is 5.97 Å². The molecule has 4 nitrogen and oxygen atoms in total. The lowest BCUT2D eigenvalue weighted by atomic mass is 10.0. The number of aliphatic carboxylic acids is 1. The first kappa shape index (κ1) is 11.2. The zero-order valence-electron chi connectivity index (χ0n) is 10.0. The van der Waals surface area contributed by atoms with Crippen molar-refractivity contribution in [3.8, 4) is 0 Å². The molecule has 1 aliphatic rings. The Kier molecular flexibility index (Phi) is 2.74. The maximum absolute atomic E-state index is 10.7. The average molecular weight is 222 g/mol. The Hall–Kier alpha value is -1.32. The van der Waals surface area contributed by atoms with Crippen LogP contribution in [-0.2, 0) is 18.3 Å². The summed E-state index contributed by atoms with van der Waals surface area (Å²) in [6.45, 7) is 4.08. The molecule has 88 valence electrons. The summed E-state index contributed by atoms with van der Waals surface area (Å²) in [6.07, 6.45) is 2.79. The number of rotatable bonds is 4. The predicted octanol–water partition coefficient (Wildman–Crippen LogP) is 1.69. The van der Waals surface area contributed by atoms with Gasteiger partial charge in [0.05, 0.1) is 11.6 Å². The van der Waals surface area contributed by atoms with Crippen LogP contribution in [0.4, 0.5) is 0 Å². The van der Waals surface area contributed by atoms with E-state index in [1.807, 2.05) is 18.7 Å². The molecule has 0 radical (unpaired) electrons. The van der Waals surface area contributed by atoms with E-state index in [1.54, 1.807) is 0 Å². The molecule has 1 saturated carbocycles. The minimum absolute atomic E-state index is 0.0858. The van der Waals surface area contributed by atoms with Crippen molar-refractivity contribution in [2.45, 2.75) is 33.1 Å². The number of carbonyl (C=O) groups is 1. The number of aryl methyl sites for hydroxylation is 2. The third kappa shape index (κ3) is 1.96. The lowest BCUT2D eigenvalue weighted by Crippen LogP contribution is -2.01. The van der Waals surface area contributed by atoms with Gasteiger partial charge in [0.25, 0.3) is 0 Å². The van der Waals surface area contributed by atoms with Gasteiger partial charge in [-0.2, -0.15) is 5.10 Å². The van der Waals surface area contributed by atoms with Gasteiger partial charge in [-0.15, -0.1) is 0 Å². The van der Waals surface area contributed by atoms with E-state index in [4.69, 9.17) is 5.11 Å². The molecule has 2 atom stereocenters. The largest absolute Gasteiger partial charge is 0.481 e. The predicted molar refractivity (Wildman–Crippen MR) is 60.2 cm³/mol. The molecule has 2 unspecified atom stereocenters. The topological polar surface area (TPSA) is 55.1 Å². The molecule has 0 aromatic carbocycles. The quantitative estimate of drug-likeness (QED) is 0.843. The van der Waals surface area contributed by atoms with Crippen molar-refractivity contribution in [3.63, 3.8) is 0 Å². The van der Waals surface area contributed by atoms with Crippen molar-refractivity contribution in [1.29, 1.82) is 0 Å². The fourth-order valence-electron chi connectivity index (χ4n) is 2.38. The highest BCUT2D eigenvalue weighted by Crippen LogP contribution is 2.42. The van der Waals surface area contributed by atoms with Gasteiger partial charge in [-0.3, -0.25) is 9.48 Å². The first-order valence-electron chi connectivity index (χ1n) is 5.72. The molecule has 1 aromatic rings. The van der Waals surface area contributed by atoms with E-state index < -0.39 is 5.97 Å². The van der Waals surface area contributed by atoms with Gasteiger partial charge in [0.15, 0.2) is 0 Å². The molecule has 4 heteroatoms. The number of carboxylic acids is 1. The highest BCUT2D eigenvalue weighted by molar-refractivity contribution is 5.73. The van der Waals surface area contributed by atoms with Crippen LogP contribution in [-0.4, -0.2) is 20.9 Å². The molecule has 0 bridgehead atoms. The third-order valence-corrected chi connectivity index (χ3v) is 3.66. The Morgan fingerprint density at radius 3 is 2.69 bits per heavy atom. The number of hydrogen-bond acceptors (Lipinski definition) is 2. The average Bonchev–Trinajstić information content (AvgIpc) is 2.92. The summed E-state index contributed by atoms with van der Waals surface area (Å²) < 4.78 is 1.90. The molecule has 0 spiro atoms. The standard InChI is InChI=1S/C12H18N2O2/c1-7-10(8(2)14(3)13-7)5-4-9-6-11(9)12(15)16/h9,11H,4-6H2,1-3H3,(H,15,16). The minimum Gasteiger partial charge on any atom is -0.481 e. The molecule has 0 saturated heterocycles. The molecule has 1 fully saturated rings. The minimum atomic E-state index is -0.635. The van der Waals surface area contributed by atoms with Crippen molar-refractivity contribution in [2.75, 3.05) is 0 Å². The van der Waals surface area contributed by atoms with Crippen LogP contribution in [0.3, 0.4) is 0 Å². The van der Waals surface area contributed by atoms with E-state index in [2.05, 4.69) is 12.0 Å². The van der Waals surface area contributed by atoms with Crippen LogP contribution in [0.2, 0.25) is 0 Å². The zero-order chi connectivity index (χ0) is 11.9. The molecule has 16 heavy (non-hydrogen) atoms. The molecular weight excluding hydrogens is 204 g/mol. The number of carboxylic acid groups (broad SMARTS) is 1. The van der Waals surface area contributed by atoms with Gasteiger partial charge in [-0.25, -0.2) is 0 Å². The van der Waals surface area contributed by atoms with Gasteiger partial charge in [-0.1, -0.05) is 0 Å². The monoisotopic (exact) mass is 222 g/mol. The second-order valence-corrected chi connectivity index (χ2v) is 4.75. The summed E-state index contributed by atoms with van der Waals surface area (Å²) in [7, 11) is 1.95. The molecule has 1 heterocycles.